The van der Waals surface area contributed by atoms with Crippen LogP contribution in [0.4, 0.5) is 11.9 Å². The summed E-state index contributed by atoms with van der Waals surface area (Å²) in [6, 6.07) is 18.4. The van der Waals surface area contributed by atoms with Crippen molar-refractivity contribution in [3.05, 3.63) is 72.3 Å². The highest BCUT2D eigenvalue weighted by molar-refractivity contribution is 5.79. The van der Waals surface area contributed by atoms with Crippen LogP contribution in [0.3, 0.4) is 0 Å². The lowest BCUT2D eigenvalue weighted by atomic mass is 10.1. The molecule has 3 saturated heterocycles. The standard InChI is InChI=1S/C36H44N12O2/c49-33(14-13-32-37-30-11-5-6-12-31(30)48(32)29-9-3-1-4-10-29)44-21-19-43(20-22-44)18-15-28-27-47(42-41-28)36-39-34(45-16-7-2-8-17-45)38-35(40-36)46-23-25-50-26-24-46/h1,3-6,9-12,27H,2,7-8,13-26H2. The number of carbonyl (C=O) groups is 1. The van der Waals surface area contributed by atoms with Gasteiger partial charge in [0.25, 0.3) is 5.95 Å². The van der Waals surface area contributed by atoms with Gasteiger partial charge in [0, 0.05) is 83.9 Å². The first kappa shape index (κ1) is 32.3. The highest BCUT2D eigenvalue weighted by atomic mass is 16.5. The van der Waals surface area contributed by atoms with Crippen LogP contribution in [-0.2, 0) is 22.4 Å². The summed E-state index contributed by atoms with van der Waals surface area (Å²) in [5, 5.41) is 8.89. The third-order valence-electron chi connectivity index (χ3n) is 9.89. The molecule has 3 aliphatic heterocycles. The average Bonchev–Trinajstić information content (AvgIpc) is 3.82. The predicted molar refractivity (Wildman–Crippen MR) is 190 cm³/mol. The van der Waals surface area contributed by atoms with Crippen LogP contribution in [0.15, 0.2) is 60.8 Å². The number of morpholine rings is 1. The largest absolute Gasteiger partial charge is 0.378 e. The van der Waals surface area contributed by atoms with Crippen LogP contribution < -0.4 is 9.80 Å². The zero-order valence-electron chi connectivity index (χ0n) is 28.5. The molecule has 0 unspecified atom stereocenters. The van der Waals surface area contributed by atoms with E-state index >= 15 is 0 Å². The third kappa shape index (κ3) is 7.17. The predicted octanol–water partition coefficient (Wildman–Crippen LogP) is 2.94. The fourth-order valence-corrected chi connectivity index (χ4v) is 7.08. The van der Waals surface area contributed by atoms with E-state index in [2.05, 4.69) is 47.8 Å². The van der Waals surface area contributed by atoms with Crippen LogP contribution >= 0.6 is 0 Å². The molecule has 0 spiro atoms. The van der Waals surface area contributed by atoms with Gasteiger partial charge in [0.15, 0.2) is 0 Å². The molecular formula is C36H44N12O2. The number of piperidine rings is 1. The van der Waals surface area contributed by atoms with E-state index in [1.165, 1.54) is 6.42 Å². The Morgan fingerprint density at radius 3 is 2.18 bits per heavy atom. The lowest BCUT2D eigenvalue weighted by molar-refractivity contribution is -0.132. The molecule has 0 saturated carbocycles. The van der Waals surface area contributed by atoms with Crippen LogP contribution in [0.1, 0.15) is 37.2 Å². The molecule has 0 aliphatic carbocycles. The molecular weight excluding hydrogens is 632 g/mol. The van der Waals surface area contributed by atoms with E-state index in [-0.39, 0.29) is 5.91 Å². The Kier molecular flexibility index (Phi) is 9.61. The monoisotopic (exact) mass is 676 g/mol. The lowest BCUT2D eigenvalue weighted by Gasteiger charge is -2.34. The van der Waals surface area contributed by atoms with Gasteiger partial charge in [-0.2, -0.15) is 19.6 Å². The summed E-state index contributed by atoms with van der Waals surface area (Å²) in [4.78, 5) is 41.5. The second kappa shape index (κ2) is 14.9. The number of anilines is 2. The number of aryl methyl sites for hydroxylation is 1. The maximum Gasteiger partial charge on any atom is 0.258 e. The van der Waals surface area contributed by atoms with Gasteiger partial charge in [0.05, 0.1) is 36.1 Å². The van der Waals surface area contributed by atoms with Gasteiger partial charge in [0.2, 0.25) is 17.8 Å². The number of piperazine rings is 1. The normalized spacial score (nSPS) is 17.5. The van der Waals surface area contributed by atoms with E-state index in [0.717, 1.165) is 106 Å². The smallest absolute Gasteiger partial charge is 0.258 e. The quantitative estimate of drug-likeness (QED) is 0.217. The summed E-state index contributed by atoms with van der Waals surface area (Å²) in [5.74, 6) is 2.95. The number of amides is 1. The SMILES string of the molecule is O=C(CCc1nc2ccccc2n1-c1ccccc1)N1CCN(CCc2cn(-c3nc(N4CCCCC4)nc(N4CCOCC4)n3)nn2)CC1. The number of rotatable bonds is 10. The minimum atomic E-state index is 0.178. The van der Waals surface area contributed by atoms with Crippen LogP contribution in [-0.4, -0.2) is 127 Å². The molecule has 8 rings (SSSR count). The Labute approximate surface area is 291 Å². The van der Waals surface area contributed by atoms with E-state index < -0.39 is 0 Å². The minimum absolute atomic E-state index is 0.178. The Balaban J connectivity index is 0.862. The molecule has 50 heavy (non-hydrogen) atoms. The molecule has 0 radical (unpaired) electrons. The van der Waals surface area contributed by atoms with Gasteiger partial charge < -0.3 is 19.4 Å². The first-order valence-electron chi connectivity index (χ1n) is 18.0. The fourth-order valence-electron chi connectivity index (χ4n) is 7.08. The number of hydrogen-bond acceptors (Lipinski definition) is 11. The summed E-state index contributed by atoms with van der Waals surface area (Å²) in [6.07, 6.45) is 7.23. The van der Waals surface area contributed by atoms with Crippen LogP contribution in [0.5, 0.6) is 0 Å². The Morgan fingerprint density at radius 1 is 0.700 bits per heavy atom. The first-order chi connectivity index (χ1) is 24.7. The fraction of sp³-hybridized carbons (Fsp3) is 0.472. The van der Waals surface area contributed by atoms with Crippen LogP contribution in [0.2, 0.25) is 0 Å². The number of nitrogens with zero attached hydrogens (tertiary/aromatic N) is 12. The van der Waals surface area contributed by atoms with E-state index in [1.54, 1.807) is 4.68 Å². The highest BCUT2D eigenvalue weighted by Gasteiger charge is 2.24. The summed E-state index contributed by atoms with van der Waals surface area (Å²) in [7, 11) is 0. The van der Waals surface area contributed by atoms with Gasteiger partial charge in [0.1, 0.15) is 5.82 Å². The Bertz CT molecular complexity index is 1850. The van der Waals surface area contributed by atoms with Crippen LogP contribution in [0, 0.1) is 0 Å². The lowest BCUT2D eigenvalue weighted by Crippen LogP contribution is -2.49. The molecule has 6 heterocycles. The molecule has 14 heteroatoms. The number of benzene rings is 2. The molecule has 260 valence electrons. The topological polar surface area (TPSA) is 126 Å². The summed E-state index contributed by atoms with van der Waals surface area (Å²) in [6.45, 7) is 8.66. The second-order valence-electron chi connectivity index (χ2n) is 13.2. The average molecular weight is 677 g/mol. The number of para-hydroxylation sites is 3. The summed E-state index contributed by atoms with van der Waals surface area (Å²) < 4.78 is 9.41. The summed E-state index contributed by atoms with van der Waals surface area (Å²) >= 11 is 0. The van der Waals surface area contributed by atoms with Crippen molar-refractivity contribution in [1.82, 2.24) is 49.3 Å². The van der Waals surface area contributed by atoms with E-state index in [4.69, 9.17) is 24.7 Å². The molecule has 1 amide bonds. The molecule has 0 N–H and O–H groups in total. The highest BCUT2D eigenvalue weighted by Crippen LogP contribution is 2.23. The van der Waals surface area contributed by atoms with E-state index in [9.17, 15) is 4.79 Å². The van der Waals surface area contributed by atoms with Crippen molar-refractivity contribution in [3.8, 4) is 11.6 Å². The van der Waals surface area contributed by atoms with Gasteiger partial charge >= 0.3 is 0 Å². The van der Waals surface area contributed by atoms with Crippen molar-refractivity contribution in [2.75, 3.05) is 81.9 Å². The van der Waals surface area contributed by atoms with Gasteiger partial charge in [-0.1, -0.05) is 35.5 Å². The number of carbonyl (C=O) groups excluding carboxylic acids is 1. The Hall–Kier alpha value is -4.95. The number of aromatic nitrogens is 8. The molecule has 3 fully saturated rings. The molecule has 2 aromatic carbocycles. The van der Waals surface area contributed by atoms with Gasteiger partial charge in [-0.25, -0.2) is 4.98 Å². The maximum absolute atomic E-state index is 13.3. The number of hydrogen-bond donors (Lipinski definition) is 0. The van der Waals surface area contributed by atoms with Crippen molar-refractivity contribution >= 4 is 28.8 Å². The van der Waals surface area contributed by atoms with Crippen molar-refractivity contribution in [2.45, 2.75) is 38.5 Å². The van der Waals surface area contributed by atoms with Crippen molar-refractivity contribution < 1.29 is 9.53 Å². The van der Waals surface area contributed by atoms with Crippen molar-refractivity contribution in [2.24, 2.45) is 0 Å². The molecule has 0 bridgehead atoms. The zero-order valence-corrected chi connectivity index (χ0v) is 28.5. The van der Waals surface area contributed by atoms with Crippen molar-refractivity contribution in [3.63, 3.8) is 0 Å². The molecule has 5 aromatic rings. The first-order valence-corrected chi connectivity index (χ1v) is 18.0. The minimum Gasteiger partial charge on any atom is -0.378 e. The zero-order chi connectivity index (χ0) is 33.7. The van der Waals surface area contributed by atoms with Crippen LogP contribution in [0.25, 0.3) is 22.7 Å². The number of imidazole rings is 1. The van der Waals surface area contributed by atoms with Crippen molar-refractivity contribution in [1.29, 1.82) is 0 Å². The molecule has 0 atom stereocenters. The van der Waals surface area contributed by atoms with Gasteiger partial charge in [-0.15, -0.1) is 5.10 Å². The van der Waals surface area contributed by atoms with Gasteiger partial charge in [-0.3, -0.25) is 14.3 Å². The van der Waals surface area contributed by atoms with E-state index in [1.807, 2.05) is 47.5 Å². The molecule has 14 nitrogen and oxygen atoms in total. The second-order valence-corrected chi connectivity index (χ2v) is 13.2. The summed E-state index contributed by atoms with van der Waals surface area (Å²) in [5.41, 5.74) is 3.95. The molecule has 3 aromatic heterocycles. The number of fused-ring (bicyclic) bond motifs is 1. The number of ether oxygens (including phenoxy) is 1. The maximum atomic E-state index is 13.3. The third-order valence-corrected chi connectivity index (χ3v) is 9.89. The molecule has 3 aliphatic rings. The Morgan fingerprint density at radius 2 is 1.40 bits per heavy atom. The van der Waals surface area contributed by atoms with E-state index in [0.29, 0.717) is 43.9 Å². The van der Waals surface area contributed by atoms with Gasteiger partial charge in [-0.05, 0) is 43.5 Å².